The molecule has 2 aromatic carbocycles. The number of hydrogen-bond acceptors (Lipinski definition) is 3. The molecule has 21 heavy (non-hydrogen) atoms. The van der Waals surface area contributed by atoms with Gasteiger partial charge in [0.2, 0.25) is 15.9 Å². The molecular weight excluding hydrogens is 288 g/mol. The van der Waals surface area contributed by atoms with Gasteiger partial charge in [-0.2, -0.15) is 4.72 Å². The van der Waals surface area contributed by atoms with E-state index in [1.165, 1.54) is 12.1 Å². The summed E-state index contributed by atoms with van der Waals surface area (Å²) in [5, 5.41) is 0. The summed E-state index contributed by atoms with van der Waals surface area (Å²) in [6, 6.07) is 13.7. The lowest BCUT2D eigenvalue weighted by atomic mass is 10.1. The molecular formula is C15H16N2O3S. The molecule has 1 atom stereocenters. The van der Waals surface area contributed by atoms with Crippen molar-refractivity contribution < 1.29 is 13.2 Å². The summed E-state index contributed by atoms with van der Waals surface area (Å²) in [5.41, 5.74) is 6.76. The van der Waals surface area contributed by atoms with Crippen LogP contribution in [-0.2, 0) is 14.8 Å². The van der Waals surface area contributed by atoms with E-state index in [4.69, 9.17) is 5.73 Å². The standard InChI is InChI=1S/C15H16N2O3S/c1-11-7-9-13(10-8-11)21(19,20)17-14(15(16)18)12-5-3-2-4-6-12/h2-10,14,17H,1H3,(H2,16,18)/t14-/m1/s1. The van der Waals surface area contributed by atoms with Crippen LogP contribution in [0.5, 0.6) is 0 Å². The lowest BCUT2D eigenvalue weighted by Crippen LogP contribution is -2.37. The van der Waals surface area contributed by atoms with Gasteiger partial charge in [0.25, 0.3) is 0 Å². The van der Waals surface area contributed by atoms with E-state index in [0.29, 0.717) is 5.56 Å². The Hall–Kier alpha value is -2.18. The van der Waals surface area contributed by atoms with Crippen molar-refractivity contribution in [3.05, 3.63) is 65.7 Å². The van der Waals surface area contributed by atoms with Gasteiger partial charge < -0.3 is 5.73 Å². The molecule has 110 valence electrons. The molecule has 6 heteroatoms. The van der Waals surface area contributed by atoms with Crippen LogP contribution < -0.4 is 10.5 Å². The Balaban J connectivity index is 2.32. The molecule has 0 bridgehead atoms. The number of aryl methyl sites for hydroxylation is 1. The second-order valence-corrected chi connectivity index (χ2v) is 6.39. The van der Waals surface area contributed by atoms with Gasteiger partial charge in [0.15, 0.2) is 0 Å². The van der Waals surface area contributed by atoms with E-state index in [-0.39, 0.29) is 4.90 Å². The fourth-order valence-corrected chi connectivity index (χ4v) is 3.07. The number of nitrogens with two attached hydrogens (primary N) is 1. The van der Waals surface area contributed by atoms with Gasteiger partial charge in [-0.1, -0.05) is 48.0 Å². The van der Waals surface area contributed by atoms with Crippen LogP contribution in [0.15, 0.2) is 59.5 Å². The molecule has 0 spiro atoms. The summed E-state index contributed by atoms with van der Waals surface area (Å²) in [6.07, 6.45) is 0. The third-order valence-electron chi connectivity index (χ3n) is 3.02. The highest BCUT2D eigenvalue weighted by molar-refractivity contribution is 7.89. The first-order valence-electron chi connectivity index (χ1n) is 6.33. The third kappa shape index (κ3) is 3.68. The summed E-state index contributed by atoms with van der Waals surface area (Å²) < 4.78 is 27.0. The smallest absolute Gasteiger partial charge is 0.241 e. The molecule has 0 saturated carbocycles. The largest absolute Gasteiger partial charge is 0.368 e. The highest BCUT2D eigenvalue weighted by Gasteiger charge is 2.25. The van der Waals surface area contributed by atoms with Gasteiger partial charge in [-0.15, -0.1) is 0 Å². The fraction of sp³-hybridized carbons (Fsp3) is 0.133. The molecule has 0 heterocycles. The summed E-state index contributed by atoms with van der Waals surface area (Å²) in [7, 11) is -3.82. The molecule has 0 aliphatic heterocycles. The molecule has 5 nitrogen and oxygen atoms in total. The Labute approximate surface area is 123 Å². The van der Waals surface area contributed by atoms with Crippen LogP contribution in [0, 0.1) is 6.92 Å². The fourth-order valence-electron chi connectivity index (χ4n) is 1.88. The van der Waals surface area contributed by atoms with E-state index in [2.05, 4.69) is 4.72 Å². The Morgan fingerprint density at radius 2 is 1.62 bits per heavy atom. The van der Waals surface area contributed by atoms with Gasteiger partial charge in [-0.25, -0.2) is 8.42 Å². The third-order valence-corrected chi connectivity index (χ3v) is 4.46. The van der Waals surface area contributed by atoms with Crippen molar-refractivity contribution in [3.63, 3.8) is 0 Å². The maximum Gasteiger partial charge on any atom is 0.241 e. The first-order chi connectivity index (χ1) is 9.90. The van der Waals surface area contributed by atoms with Gasteiger partial charge >= 0.3 is 0 Å². The minimum absolute atomic E-state index is 0.0929. The number of benzene rings is 2. The summed E-state index contributed by atoms with van der Waals surface area (Å²) in [4.78, 5) is 11.7. The average molecular weight is 304 g/mol. The first-order valence-corrected chi connectivity index (χ1v) is 7.82. The number of rotatable bonds is 5. The predicted molar refractivity (Wildman–Crippen MR) is 79.9 cm³/mol. The maximum atomic E-state index is 12.3. The van der Waals surface area contributed by atoms with Crippen LogP contribution >= 0.6 is 0 Å². The van der Waals surface area contributed by atoms with Crippen LogP contribution in [0.4, 0.5) is 0 Å². The molecule has 0 aliphatic carbocycles. The van der Waals surface area contributed by atoms with Crippen molar-refractivity contribution in [3.8, 4) is 0 Å². The van der Waals surface area contributed by atoms with Crippen molar-refractivity contribution in [1.82, 2.24) is 4.72 Å². The number of carbonyl (C=O) groups excluding carboxylic acids is 1. The van der Waals surface area contributed by atoms with Crippen LogP contribution in [0.2, 0.25) is 0 Å². The lowest BCUT2D eigenvalue weighted by molar-refractivity contribution is -0.119. The molecule has 0 fully saturated rings. The highest BCUT2D eigenvalue weighted by Crippen LogP contribution is 2.17. The molecule has 0 aromatic heterocycles. The monoisotopic (exact) mass is 304 g/mol. The van der Waals surface area contributed by atoms with Gasteiger partial charge in [-0.05, 0) is 24.6 Å². The zero-order valence-corrected chi connectivity index (χ0v) is 12.3. The van der Waals surface area contributed by atoms with Gasteiger partial charge in [0.05, 0.1) is 4.90 Å². The molecule has 0 saturated heterocycles. The molecule has 2 aromatic rings. The molecule has 3 N–H and O–H groups in total. The van der Waals surface area contributed by atoms with E-state index >= 15 is 0 Å². The Kier molecular flexibility index (Phi) is 4.40. The Morgan fingerprint density at radius 3 is 2.14 bits per heavy atom. The zero-order valence-electron chi connectivity index (χ0n) is 11.5. The topological polar surface area (TPSA) is 89.3 Å². The molecule has 0 aliphatic rings. The predicted octanol–water partition coefficient (Wildman–Crippen LogP) is 1.50. The number of sulfonamides is 1. The maximum absolute atomic E-state index is 12.3. The van der Waals surface area contributed by atoms with Crippen molar-refractivity contribution in [2.24, 2.45) is 5.73 Å². The van der Waals surface area contributed by atoms with Crippen molar-refractivity contribution >= 4 is 15.9 Å². The quantitative estimate of drug-likeness (QED) is 0.877. The number of nitrogens with one attached hydrogen (secondary N) is 1. The molecule has 0 unspecified atom stereocenters. The van der Waals surface area contributed by atoms with Gasteiger partial charge in [0, 0.05) is 0 Å². The van der Waals surface area contributed by atoms with Crippen molar-refractivity contribution in [1.29, 1.82) is 0 Å². The lowest BCUT2D eigenvalue weighted by Gasteiger charge is -2.16. The number of amides is 1. The van der Waals surface area contributed by atoms with E-state index in [1.807, 2.05) is 6.92 Å². The zero-order chi connectivity index (χ0) is 15.5. The number of hydrogen-bond donors (Lipinski definition) is 2. The van der Waals surface area contributed by atoms with Crippen molar-refractivity contribution in [2.75, 3.05) is 0 Å². The number of carbonyl (C=O) groups is 1. The van der Waals surface area contributed by atoms with Gasteiger partial charge in [-0.3, -0.25) is 4.79 Å². The van der Waals surface area contributed by atoms with Crippen LogP contribution in [-0.4, -0.2) is 14.3 Å². The van der Waals surface area contributed by atoms with Crippen LogP contribution in [0.3, 0.4) is 0 Å². The van der Waals surface area contributed by atoms with Crippen LogP contribution in [0.25, 0.3) is 0 Å². The normalized spacial score (nSPS) is 12.8. The number of primary amides is 1. The molecule has 1 amide bonds. The van der Waals surface area contributed by atoms with E-state index in [9.17, 15) is 13.2 Å². The molecule has 0 radical (unpaired) electrons. The highest BCUT2D eigenvalue weighted by atomic mass is 32.2. The van der Waals surface area contributed by atoms with Crippen molar-refractivity contribution in [2.45, 2.75) is 17.9 Å². The minimum atomic E-state index is -3.82. The van der Waals surface area contributed by atoms with Gasteiger partial charge in [0.1, 0.15) is 6.04 Å². The second kappa shape index (κ2) is 6.07. The van der Waals surface area contributed by atoms with E-state index in [1.54, 1.807) is 42.5 Å². The summed E-state index contributed by atoms with van der Waals surface area (Å²) in [6.45, 7) is 1.86. The SMILES string of the molecule is Cc1ccc(S(=O)(=O)N[C@@H](C(N)=O)c2ccccc2)cc1. The Bertz CT molecular complexity index is 725. The van der Waals surface area contributed by atoms with Crippen LogP contribution in [0.1, 0.15) is 17.2 Å². The second-order valence-electron chi connectivity index (χ2n) is 4.68. The Morgan fingerprint density at radius 1 is 1.05 bits per heavy atom. The first kappa shape index (κ1) is 15.2. The van der Waals surface area contributed by atoms with E-state index in [0.717, 1.165) is 5.56 Å². The minimum Gasteiger partial charge on any atom is -0.368 e. The average Bonchev–Trinajstić information content (AvgIpc) is 2.46. The van der Waals surface area contributed by atoms with E-state index < -0.39 is 22.0 Å². The summed E-state index contributed by atoms with van der Waals surface area (Å²) >= 11 is 0. The molecule has 2 rings (SSSR count). The summed E-state index contributed by atoms with van der Waals surface area (Å²) in [5.74, 6) is -0.753.